The van der Waals surface area contributed by atoms with E-state index >= 15 is 0 Å². The van der Waals surface area contributed by atoms with Crippen molar-refractivity contribution in [3.05, 3.63) is 157 Å². The van der Waals surface area contributed by atoms with E-state index in [2.05, 4.69) is 42.5 Å². The third-order valence-electron chi connectivity index (χ3n) is 21.6. The van der Waals surface area contributed by atoms with Gasteiger partial charge in [0.1, 0.15) is 55.2 Å². The van der Waals surface area contributed by atoms with Crippen LogP contribution in [0.3, 0.4) is 0 Å². The molecule has 0 spiro atoms. The molecule has 1 amide bonds. The number of aliphatic carboxylic acids is 1. The van der Waals surface area contributed by atoms with Crippen molar-refractivity contribution in [1.82, 2.24) is 49.5 Å². The number of carboxylic acid groups (broad SMARTS) is 1. The summed E-state index contributed by atoms with van der Waals surface area (Å²) in [6.45, 7) is 15.7. The molecule has 6 N–H and O–H groups in total. The predicted molar refractivity (Wildman–Crippen MR) is 381 cm³/mol. The number of ketones is 6. The Balaban J connectivity index is 0.000000143. The molecule has 572 valence electrons. The summed E-state index contributed by atoms with van der Waals surface area (Å²) in [5.74, 6) is 3.02. The fourth-order valence-corrected chi connectivity index (χ4v) is 15.8. The van der Waals surface area contributed by atoms with E-state index in [1.807, 2.05) is 13.8 Å². The summed E-state index contributed by atoms with van der Waals surface area (Å²) in [5.41, 5.74) is 19.4. The van der Waals surface area contributed by atoms with Gasteiger partial charge in [0.2, 0.25) is 0 Å². The number of rotatable bonds is 21. The smallest absolute Gasteiger partial charge is 0.327 e. The van der Waals surface area contributed by atoms with Crippen LogP contribution in [0.25, 0.3) is 11.1 Å². The van der Waals surface area contributed by atoms with E-state index in [1.54, 1.807) is 53.9 Å². The molecule has 5 heterocycles. The molecule has 10 aliphatic carbocycles. The highest BCUT2D eigenvalue weighted by molar-refractivity contribution is 6.08. The Kier molecular flexibility index (Phi) is 23.6. The molecule has 27 nitrogen and oxygen atoms in total. The number of carbonyl (C=O) groups is 11. The highest BCUT2D eigenvalue weighted by atomic mass is 35.5. The summed E-state index contributed by atoms with van der Waals surface area (Å²) in [4.78, 5) is 132. The second-order valence-corrected chi connectivity index (χ2v) is 28.9. The zero-order valence-corrected chi connectivity index (χ0v) is 61.8. The van der Waals surface area contributed by atoms with Gasteiger partial charge in [-0.2, -0.15) is 20.4 Å². The average Bonchev–Trinajstić information content (AvgIpc) is 1.52. The molecule has 108 heavy (non-hydrogen) atoms. The van der Waals surface area contributed by atoms with E-state index in [9.17, 15) is 65.9 Å². The van der Waals surface area contributed by atoms with E-state index in [1.165, 1.54) is 59.7 Å². The Morgan fingerprint density at radius 1 is 0.593 bits per heavy atom. The molecular weight excluding hydrogens is 1430 g/mol. The summed E-state index contributed by atoms with van der Waals surface area (Å²) in [6.07, 6.45) is 8.53. The topological polar surface area (TPSA) is 384 Å². The lowest BCUT2D eigenvalue weighted by atomic mass is 9.86. The number of nitrogens with two attached hydrogens (primary N) is 2. The number of hydrogen-bond acceptors (Lipinski definition) is 21. The largest absolute Gasteiger partial charge is 0.480 e. The summed E-state index contributed by atoms with van der Waals surface area (Å²) >= 11 is 0. The van der Waals surface area contributed by atoms with Crippen LogP contribution >= 0.6 is 12.4 Å². The third kappa shape index (κ3) is 16.6. The molecule has 0 aliphatic heterocycles. The Morgan fingerprint density at radius 3 is 1.54 bits per heavy atom. The number of Topliss-reactive ketones (excluding diaryl/α,β-unsaturated/α-hetero) is 6. The molecule has 6 saturated carbocycles. The SMILES string of the molecule is CC(=O)C1CC2CC2C1=O.CCOC(=O)CNN.CCOC(=O)Cn1nc2c(c1C)C(=O)C1CC21.CCOC(=O)Cn1nc2c(c1C)CC1CC21.Cc1c2c(nn1CC(=O)C[C@@H](Cc1cc(F)cc(F)c1)c1ncccc1-c1ccc(F)c(C(N)=O)c1)C1CC1C2=O.Cc1c2c(nn1CC(=O)O)C1CC1C2=O.Cl. The maximum absolute atomic E-state index is 14.2. The maximum Gasteiger partial charge on any atom is 0.327 e. The average molecular weight is 1510 g/mol. The van der Waals surface area contributed by atoms with Crippen molar-refractivity contribution in [2.75, 3.05) is 26.4 Å². The molecule has 17 rings (SSSR count). The van der Waals surface area contributed by atoms with Crippen LogP contribution in [-0.4, -0.2) is 140 Å². The number of nitrogens with one attached hydrogen (secondary N) is 1. The molecule has 0 saturated heterocycles. The number of carbonyl (C=O) groups excluding carboxylic acids is 10. The lowest BCUT2D eigenvalue weighted by Crippen LogP contribution is -2.30. The number of pyridine rings is 1. The standard InChI is InChI=1S/C31H25F3N4O3.C12H14N2O3.C12H16N2O2.C10H10N2O3.C8H10O2.C4H10N2O2.ClH/c1-15-27-29(23-13-24(23)30(27)40)37-38(15)14-21(39)10-18(7-16-8-19(32)12-20(33)9-16)28-22(3-2-6-36-28)17-4-5-26(34)25(11-17)31(35)41;1-3-17-9(15)5-14-6(2)10-11(13-14)7-4-8(7)12(10)16;1-3-16-11(15)6-14-7(2)9-4-8-5-10(8)12(9)13-14;1-4-8-9(5-2-6(5)10(8)15)11-12(4)3-7(13)14;1-4(9)6-2-5-3-7(5)8(6)10;1-2-8-4(7)3-6-5;/h2-6,8-9,11-12,18,23-24H,7,10,13-14H2,1H3,(H2,35,41);7-8H,3-5H2,1-2H3;8,10H,3-6H2,1-2H3;5-6H,2-3H2,1H3,(H,13,14);5-7H,2-3H2,1H3;6H,2-3,5H2,1H3;1H/t18-,23?,24?;;;;;;/m1....../s1. The van der Waals surface area contributed by atoms with E-state index in [0.717, 1.165) is 90.6 Å². The molecule has 11 unspecified atom stereocenters. The Labute approximate surface area is 625 Å². The first kappa shape index (κ1) is 78.9. The van der Waals surface area contributed by atoms with Gasteiger partial charge in [0.05, 0.1) is 83.0 Å². The fourth-order valence-electron chi connectivity index (χ4n) is 15.8. The van der Waals surface area contributed by atoms with Crippen molar-refractivity contribution in [2.45, 2.75) is 169 Å². The highest BCUT2D eigenvalue weighted by Crippen LogP contribution is 2.59. The molecular formula is C77H86ClF3N12O15. The van der Waals surface area contributed by atoms with Crippen LogP contribution in [0.2, 0.25) is 0 Å². The van der Waals surface area contributed by atoms with Crippen LogP contribution < -0.4 is 17.0 Å². The molecule has 31 heteroatoms. The lowest BCUT2D eigenvalue weighted by molar-refractivity contribution is -0.145. The van der Waals surface area contributed by atoms with Crippen LogP contribution in [0.4, 0.5) is 13.2 Å². The number of primary amides is 1. The fraction of sp³-hybridized carbons (Fsp3) is 0.481. The second kappa shape index (κ2) is 32.3. The van der Waals surface area contributed by atoms with E-state index in [4.69, 9.17) is 26.2 Å². The van der Waals surface area contributed by atoms with E-state index in [-0.39, 0.29) is 158 Å². The van der Waals surface area contributed by atoms with Crippen LogP contribution in [-0.2, 0) is 86.8 Å². The van der Waals surface area contributed by atoms with Crippen molar-refractivity contribution < 1.29 is 85.2 Å². The van der Waals surface area contributed by atoms with Crippen LogP contribution in [0.15, 0.2) is 54.7 Å². The Hall–Kier alpha value is -10.2. The minimum absolute atomic E-state index is 0. The van der Waals surface area contributed by atoms with Gasteiger partial charge in [0.15, 0.2) is 23.1 Å². The molecule has 10 aliphatic rings. The summed E-state index contributed by atoms with van der Waals surface area (Å²) < 4.78 is 63.1. The second-order valence-electron chi connectivity index (χ2n) is 28.9. The number of benzene rings is 2. The highest BCUT2D eigenvalue weighted by Gasteiger charge is 2.58. The van der Waals surface area contributed by atoms with Gasteiger partial charge in [0.25, 0.3) is 5.91 Å². The summed E-state index contributed by atoms with van der Waals surface area (Å²) in [6, 6.07) is 10.5. The quantitative estimate of drug-likeness (QED) is 0.0172. The Morgan fingerprint density at radius 2 is 1.08 bits per heavy atom. The number of nitrogens with zero attached hydrogens (tertiary/aromatic N) is 9. The van der Waals surface area contributed by atoms with Crippen LogP contribution in [0.1, 0.15) is 206 Å². The number of amides is 1. The van der Waals surface area contributed by atoms with Gasteiger partial charge in [-0.25, -0.2) is 18.6 Å². The Bertz CT molecular complexity index is 4780. The van der Waals surface area contributed by atoms with Crippen molar-refractivity contribution in [3.63, 3.8) is 0 Å². The first-order chi connectivity index (χ1) is 51.0. The number of aromatic nitrogens is 9. The van der Waals surface area contributed by atoms with Gasteiger partial charge in [-0.1, -0.05) is 12.1 Å². The van der Waals surface area contributed by atoms with Crippen molar-refractivity contribution in [2.24, 2.45) is 53.0 Å². The normalized spacial score (nSPS) is 22.6. The number of fused-ring (bicyclic) bond motifs is 13. The molecule has 0 bridgehead atoms. The molecule has 7 aromatic rings. The van der Waals surface area contributed by atoms with Gasteiger partial charge < -0.3 is 25.1 Å². The number of hydrogen-bond donors (Lipinski definition) is 4. The first-order valence-electron chi connectivity index (χ1n) is 36.1. The van der Waals surface area contributed by atoms with Gasteiger partial charge in [-0.15, -0.1) is 12.4 Å². The molecule has 5 aromatic heterocycles. The van der Waals surface area contributed by atoms with E-state index < -0.39 is 35.2 Å². The van der Waals surface area contributed by atoms with Gasteiger partial charge in [-0.05, 0) is 166 Å². The minimum Gasteiger partial charge on any atom is -0.480 e. The predicted octanol–water partition coefficient (Wildman–Crippen LogP) is 8.33. The monoisotopic (exact) mass is 1510 g/mol. The van der Waals surface area contributed by atoms with Gasteiger partial charge in [-0.3, -0.25) is 82.3 Å². The lowest BCUT2D eigenvalue weighted by Gasteiger charge is -2.20. The molecule has 6 fully saturated rings. The van der Waals surface area contributed by atoms with Gasteiger partial charge in [0, 0.05) is 100 Å². The number of hydrazine groups is 1. The molecule has 12 atom stereocenters. The number of carboxylic acids is 1. The van der Waals surface area contributed by atoms with Crippen LogP contribution in [0, 0.1) is 86.6 Å². The molecule has 2 aromatic carbocycles. The molecule has 0 radical (unpaired) electrons. The van der Waals surface area contributed by atoms with Crippen molar-refractivity contribution >= 4 is 76.9 Å². The third-order valence-corrected chi connectivity index (χ3v) is 21.6. The zero-order valence-electron chi connectivity index (χ0n) is 61.0. The minimum atomic E-state index is -0.936. The summed E-state index contributed by atoms with van der Waals surface area (Å²) in [7, 11) is 0. The van der Waals surface area contributed by atoms with Crippen molar-refractivity contribution in [1.29, 1.82) is 0 Å². The first-order valence-corrected chi connectivity index (χ1v) is 36.1. The van der Waals surface area contributed by atoms with Gasteiger partial charge >= 0.3 is 23.9 Å². The zero-order chi connectivity index (χ0) is 76.9. The number of esters is 3. The van der Waals surface area contributed by atoms with Crippen LogP contribution in [0.5, 0.6) is 0 Å². The van der Waals surface area contributed by atoms with Crippen molar-refractivity contribution in [3.8, 4) is 11.1 Å². The van der Waals surface area contributed by atoms with E-state index in [0.29, 0.717) is 82.5 Å². The number of ether oxygens (including phenoxy) is 3. The summed E-state index contributed by atoms with van der Waals surface area (Å²) in [5, 5.41) is 26.4. The number of halogens is 4. The maximum atomic E-state index is 14.2.